The second-order valence-corrected chi connectivity index (χ2v) is 8.41. The maximum absolute atomic E-state index is 6.47. The first-order valence-electron chi connectivity index (χ1n) is 11.7. The van der Waals surface area contributed by atoms with Crippen molar-refractivity contribution >= 4 is 5.70 Å². The van der Waals surface area contributed by atoms with Crippen molar-refractivity contribution in [1.82, 2.24) is 10.4 Å². The highest BCUT2D eigenvalue weighted by molar-refractivity contribution is 5.68. The summed E-state index contributed by atoms with van der Waals surface area (Å²) < 4.78 is 17.7. The van der Waals surface area contributed by atoms with Crippen LogP contribution >= 0.6 is 0 Å². The van der Waals surface area contributed by atoms with Crippen molar-refractivity contribution in [1.29, 1.82) is 0 Å². The number of rotatable bonds is 8. The van der Waals surface area contributed by atoms with E-state index in [1.54, 1.807) is 7.11 Å². The van der Waals surface area contributed by atoms with E-state index in [1.807, 2.05) is 36.4 Å². The van der Waals surface area contributed by atoms with Crippen molar-refractivity contribution in [3.63, 3.8) is 0 Å². The van der Waals surface area contributed by atoms with E-state index in [1.165, 1.54) is 12.8 Å². The number of para-hydroxylation sites is 1. The molecule has 3 aromatic carbocycles. The highest BCUT2D eigenvalue weighted by Crippen LogP contribution is 2.46. The van der Waals surface area contributed by atoms with Gasteiger partial charge >= 0.3 is 0 Å². The molecule has 5 heteroatoms. The Bertz CT molecular complexity index is 1110. The summed E-state index contributed by atoms with van der Waals surface area (Å²) in [7, 11) is 1.68. The van der Waals surface area contributed by atoms with Crippen molar-refractivity contribution in [2.75, 3.05) is 13.7 Å². The van der Waals surface area contributed by atoms with Gasteiger partial charge in [-0.15, -0.1) is 0 Å². The third-order valence-electron chi connectivity index (χ3n) is 6.19. The zero-order valence-corrected chi connectivity index (χ0v) is 19.2. The largest absolute Gasteiger partial charge is 0.497 e. The maximum Gasteiger partial charge on any atom is 0.195 e. The first kappa shape index (κ1) is 21.4. The Balaban J connectivity index is 1.40. The van der Waals surface area contributed by atoms with Gasteiger partial charge in [-0.25, -0.2) is 0 Å². The van der Waals surface area contributed by atoms with Crippen molar-refractivity contribution in [3.05, 3.63) is 95.6 Å². The molecule has 0 fully saturated rings. The van der Waals surface area contributed by atoms with E-state index in [0.29, 0.717) is 0 Å². The van der Waals surface area contributed by atoms with Crippen molar-refractivity contribution in [2.24, 2.45) is 0 Å². The number of nitrogens with one attached hydrogen (secondary N) is 1. The Morgan fingerprint density at radius 2 is 1.67 bits per heavy atom. The van der Waals surface area contributed by atoms with E-state index >= 15 is 0 Å². The summed E-state index contributed by atoms with van der Waals surface area (Å²) >= 11 is 0. The van der Waals surface area contributed by atoms with Gasteiger partial charge in [0.15, 0.2) is 6.23 Å². The van der Waals surface area contributed by atoms with E-state index in [9.17, 15) is 0 Å². The van der Waals surface area contributed by atoms with Crippen LogP contribution < -0.4 is 19.6 Å². The molecule has 33 heavy (non-hydrogen) atoms. The monoisotopic (exact) mass is 442 g/mol. The molecule has 0 saturated heterocycles. The van der Waals surface area contributed by atoms with E-state index < -0.39 is 0 Å². The quantitative estimate of drug-likeness (QED) is 0.417. The molecule has 0 bridgehead atoms. The van der Waals surface area contributed by atoms with Crippen molar-refractivity contribution < 1.29 is 14.2 Å². The molecule has 0 radical (unpaired) electrons. The number of nitrogens with zero attached hydrogens (tertiary/aromatic N) is 1. The molecule has 2 aliphatic rings. The lowest BCUT2D eigenvalue weighted by Crippen LogP contribution is -2.43. The standard InChI is InChI=1S/C28H30N2O3/c1-3-4-7-18-32-23-16-12-21(13-17-23)28-30-26(24-8-5-6-9-27(24)33-28)19-25(29-30)20-10-14-22(31-2)15-11-20/h5-6,8-17,19,26,28-29H,3-4,7,18H2,1-2H3/t26-,28-/m0/s1. The number of unbranched alkanes of at least 4 members (excludes halogenated alkanes) is 2. The number of hydrogen-bond donors (Lipinski definition) is 1. The molecule has 1 N–H and O–H groups in total. The molecule has 2 aliphatic heterocycles. The number of ether oxygens (including phenoxy) is 3. The molecule has 2 heterocycles. The number of hydrazine groups is 1. The summed E-state index contributed by atoms with van der Waals surface area (Å²) in [4.78, 5) is 0. The highest BCUT2D eigenvalue weighted by Gasteiger charge is 2.40. The molecule has 0 aliphatic carbocycles. The van der Waals surface area contributed by atoms with Gasteiger partial charge in [0, 0.05) is 11.1 Å². The summed E-state index contributed by atoms with van der Waals surface area (Å²) in [6.07, 6.45) is 5.48. The molecule has 0 saturated carbocycles. The Morgan fingerprint density at radius 3 is 2.42 bits per heavy atom. The second kappa shape index (κ2) is 9.59. The molecule has 0 amide bonds. The van der Waals surface area contributed by atoms with E-state index in [4.69, 9.17) is 14.2 Å². The number of hydrogen-bond acceptors (Lipinski definition) is 5. The van der Waals surface area contributed by atoms with Gasteiger partial charge in [-0.2, -0.15) is 5.01 Å². The van der Waals surface area contributed by atoms with Crippen LogP contribution in [0.1, 0.15) is 55.1 Å². The van der Waals surface area contributed by atoms with E-state index in [0.717, 1.165) is 52.7 Å². The van der Waals surface area contributed by atoms with Gasteiger partial charge in [0.25, 0.3) is 0 Å². The van der Waals surface area contributed by atoms with Crippen LogP contribution in [0.2, 0.25) is 0 Å². The van der Waals surface area contributed by atoms with Gasteiger partial charge in [0.05, 0.1) is 25.5 Å². The van der Waals surface area contributed by atoms with Crippen LogP contribution in [0.3, 0.4) is 0 Å². The first-order chi connectivity index (χ1) is 16.3. The third kappa shape index (κ3) is 4.41. The molecule has 2 atom stereocenters. The molecule has 0 unspecified atom stereocenters. The molecule has 0 aromatic heterocycles. The van der Waals surface area contributed by atoms with Gasteiger partial charge in [-0.05, 0) is 60.5 Å². The topological polar surface area (TPSA) is 43.0 Å². The lowest BCUT2D eigenvalue weighted by atomic mass is 10.0. The fourth-order valence-corrected chi connectivity index (χ4v) is 4.37. The molecule has 0 spiro atoms. The molecule has 5 nitrogen and oxygen atoms in total. The average molecular weight is 443 g/mol. The Morgan fingerprint density at radius 1 is 0.909 bits per heavy atom. The highest BCUT2D eigenvalue weighted by atomic mass is 16.5. The second-order valence-electron chi connectivity index (χ2n) is 8.41. The van der Waals surface area contributed by atoms with Crippen LogP contribution in [0.4, 0.5) is 0 Å². The Kier molecular flexibility index (Phi) is 6.22. The fraction of sp³-hybridized carbons (Fsp3) is 0.286. The summed E-state index contributed by atoms with van der Waals surface area (Å²) in [6, 6.07) is 24.7. The van der Waals surface area contributed by atoms with Crippen LogP contribution in [0, 0.1) is 0 Å². The summed E-state index contributed by atoms with van der Waals surface area (Å²) in [5, 5.41) is 2.18. The summed E-state index contributed by atoms with van der Waals surface area (Å²) in [5.41, 5.74) is 7.99. The fourth-order valence-electron chi connectivity index (χ4n) is 4.37. The lowest BCUT2D eigenvalue weighted by molar-refractivity contribution is -0.0326. The normalized spacial score (nSPS) is 19.0. The van der Waals surface area contributed by atoms with Crippen molar-refractivity contribution in [3.8, 4) is 17.2 Å². The molecular weight excluding hydrogens is 412 g/mol. The predicted octanol–water partition coefficient (Wildman–Crippen LogP) is 6.26. The first-order valence-corrected chi connectivity index (χ1v) is 11.7. The Hall–Kier alpha value is -3.44. The van der Waals surface area contributed by atoms with Gasteiger partial charge in [0.1, 0.15) is 17.2 Å². The minimum Gasteiger partial charge on any atom is -0.497 e. The number of methoxy groups -OCH3 is 1. The molecular formula is C28H30N2O3. The minimum absolute atomic E-state index is 0.0713. The van der Waals surface area contributed by atoms with Gasteiger partial charge < -0.3 is 19.6 Å². The van der Waals surface area contributed by atoms with Crippen LogP contribution in [0.25, 0.3) is 5.70 Å². The van der Waals surface area contributed by atoms with Crippen LogP contribution in [-0.2, 0) is 0 Å². The third-order valence-corrected chi connectivity index (χ3v) is 6.19. The van der Waals surface area contributed by atoms with Gasteiger partial charge in [-0.1, -0.05) is 50.1 Å². The van der Waals surface area contributed by atoms with Gasteiger partial charge in [-0.3, -0.25) is 0 Å². The Labute approximate surface area is 195 Å². The molecule has 3 aromatic rings. The summed E-state index contributed by atoms with van der Waals surface area (Å²) in [6.45, 7) is 2.96. The summed E-state index contributed by atoms with van der Waals surface area (Å²) in [5.74, 6) is 2.66. The average Bonchev–Trinajstić information content (AvgIpc) is 3.32. The lowest BCUT2D eigenvalue weighted by Gasteiger charge is -2.39. The zero-order valence-electron chi connectivity index (χ0n) is 19.2. The van der Waals surface area contributed by atoms with Crippen LogP contribution in [0.5, 0.6) is 17.2 Å². The smallest absolute Gasteiger partial charge is 0.195 e. The molecule has 5 rings (SSSR count). The van der Waals surface area contributed by atoms with Crippen molar-refractivity contribution in [2.45, 2.75) is 38.5 Å². The zero-order chi connectivity index (χ0) is 22.6. The minimum atomic E-state index is -0.258. The number of fused-ring (bicyclic) bond motifs is 3. The van der Waals surface area contributed by atoms with E-state index in [2.05, 4.69) is 59.8 Å². The van der Waals surface area contributed by atoms with E-state index in [-0.39, 0.29) is 12.3 Å². The van der Waals surface area contributed by atoms with Crippen LogP contribution in [0.15, 0.2) is 78.9 Å². The van der Waals surface area contributed by atoms with Gasteiger partial charge in [0.2, 0.25) is 0 Å². The SMILES string of the molecule is CCCCCOc1ccc([C@@H]2Oc3ccccc3[C@@H]3C=C(c4ccc(OC)cc4)NN32)cc1. The molecule has 170 valence electrons. The predicted molar refractivity (Wildman–Crippen MR) is 130 cm³/mol. The van der Waals surface area contributed by atoms with Crippen LogP contribution in [-0.4, -0.2) is 18.7 Å². The number of benzene rings is 3. The maximum atomic E-state index is 6.47.